The average Bonchev–Trinajstić information content (AvgIpc) is 3.05. The highest BCUT2D eigenvalue weighted by molar-refractivity contribution is 5.45. The van der Waals surface area contributed by atoms with Crippen LogP contribution in [0.4, 0.5) is 0 Å². The van der Waals surface area contributed by atoms with Gasteiger partial charge in [0.05, 0.1) is 13.7 Å². The Morgan fingerprint density at radius 3 is 2.73 bits per heavy atom. The second kappa shape index (κ2) is 7.68. The van der Waals surface area contributed by atoms with Crippen molar-refractivity contribution in [1.82, 2.24) is 5.32 Å². The zero-order valence-corrected chi connectivity index (χ0v) is 16.1. The van der Waals surface area contributed by atoms with Gasteiger partial charge in [0.15, 0.2) is 11.5 Å². The Balaban J connectivity index is 1.75. The van der Waals surface area contributed by atoms with Crippen LogP contribution < -0.4 is 14.8 Å². The maximum Gasteiger partial charge on any atom is 0.162 e. The zero-order valence-electron chi connectivity index (χ0n) is 16.1. The largest absolute Gasteiger partial charge is 0.493 e. The summed E-state index contributed by atoms with van der Waals surface area (Å²) in [5, 5.41) is 12.7. The van der Waals surface area contributed by atoms with Crippen LogP contribution in [0.25, 0.3) is 0 Å². The van der Waals surface area contributed by atoms with E-state index >= 15 is 0 Å². The number of aliphatic hydroxyl groups is 1. The first-order valence-corrected chi connectivity index (χ1v) is 9.21. The summed E-state index contributed by atoms with van der Waals surface area (Å²) < 4.78 is 11.9. The van der Waals surface area contributed by atoms with Crippen LogP contribution in [0.5, 0.6) is 11.5 Å². The molecular weight excluding hydrogens is 326 g/mol. The van der Waals surface area contributed by atoms with Gasteiger partial charge in [-0.25, -0.2) is 0 Å². The number of ether oxygens (including phenoxy) is 2. The topological polar surface area (TPSA) is 50.7 Å². The monoisotopic (exact) mass is 355 g/mol. The number of aliphatic hydroxyl groups excluding tert-OH is 1. The molecule has 1 unspecified atom stereocenters. The van der Waals surface area contributed by atoms with Gasteiger partial charge in [-0.05, 0) is 68.0 Å². The molecule has 140 valence electrons. The molecule has 26 heavy (non-hydrogen) atoms. The van der Waals surface area contributed by atoms with Crippen LogP contribution >= 0.6 is 0 Å². The summed E-state index contributed by atoms with van der Waals surface area (Å²) in [5.41, 5.74) is 4.84. The Morgan fingerprint density at radius 1 is 1.19 bits per heavy atom. The molecule has 3 rings (SSSR count). The lowest BCUT2D eigenvalue weighted by atomic mass is 10.0. The maximum absolute atomic E-state index is 9.37. The third-order valence-electron chi connectivity index (χ3n) is 5.11. The fourth-order valence-corrected chi connectivity index (χ4v) is 3.39. The van der Waals surface area contributed by atoms with Crippen molar-refractivity contribution in [2.75, 3.05) is 13.7 Å². The van der Waals surface area contributed by atoms with Crippen molar-refractivity contribution in [2.45, 2.75) is 51.8 Å². The van der Waals surface area contributed by atoms with Crippen LogP contribution in [0.2, 0.25) is 0 Å². The maximum atomic E-state index is 9.37. The number of rotatable bonds is 7. The minimum absolute atomic E-state index is 0.0797. The minimum atomic E-state index is -0.312. The minimum Gasteiger partial charge on any atom is -0.493 e. The van der Waals surface area contributed by atoms with E-state index in [2.05, 4.69) is 30.4 Å². The van der Waals surface area contributed by atoms with Crippen LogP contribution in [0.15, 0.2) is 36.4 Å². The lowest BCUT2D eigenvalue weighted by Gasteiger charge is -2.24. The Bertz CT molecular complexity index is 770. The predicted octanol–water partition coefficient (Wildman–Crippen LogP) is 3.93. The van der Waals surface area contributed by atoms with Crippen LogP contribution in [0.3, 0.4) is 0 Å². The molecule has 2 aromatic carbocycles. The molecule has 1 aliphatic carbocycles. The molecule has 0 aliphatic heterocycles. The highest BCUT2D eigenvalue weighted by Crippen LogP contribution is 2.39. The molecule has 2 N–H and O–H groups in total. The Hall–Kier alpha value is -2.04. The molecule has 0 saturated carbocycles. The average molecular weight is 355 g/mol. The molecule has 0 radical (unpaired) electrons. The molecule has 4 nitrogen and oxygen atoms in total. The highest BCUT2D eigenvalue weighted by atomic mass is 16.5. The first-order chi connectivity index (χ1) is 12.4. The predicted molar refractivity (Wildman–Crippen MR) is 104 cm³/mol. The van der Waals surface area contributed by atoms with Gasteiger partial charge in [0.25, 0.3) is 0 Å². The first kappa shape index (κ1) is 18.7. The van der Waals surface area contributed by atoms with Gasteiger partial charge in [0.2, 0.25) is 0 Å². The summed E-state index contributed by atoms with van der Waals surface area (Å²) in [4.78, 5) is 0. The standard InChI is InChI=1S/C22H29NO3/c1-15-6-5-7-18-17(15)9-11-19(18)26-20-10-8-16(12-21(20)25-4)13-23-22(2,3)14-24/h5-8,10,12,19,23-24H,9,11,13-14H2,1-4H3. The van der Waals surface area contributed by atoms with E-state index in [-0.39, 0.29) is 18.2 Å². The van der Waals surface area contributed by atoms with Crippen molar-refractivity contribution < 1.29 is 14.6 Å². The van der Waals surface area contributed by atoms with Gasteiger partial charge < -0.3 is 19.9 Å². The van der Waals surface area contributed by atoms with E-state index < -0.39 is 0 Å². The van der Waals surface area contributed by atoms with Crippen LogP contribution in [0.1, 0.15) is 48.6 Å². The molecular formula is C22H29NO3. The molecule has 0 spiro atoms. The Labute approximate surface area is 156 Å². The fraction of sp³-hybridized carbons (Fsp3) is 0.455. The Kier molecular flexibility index (Phi) is 5.54. The molecule has 1 aliphatic rings. The van der Waals surface area contributed by atoms with E-state index in [0.717, 1.165) is 29.9 Å². The summed E-state index contributed by atoms with van der Waals surface area (Å²) in [6.45, 7) is 6.86. The van der Waals surface area contributed by atoms with Crippen molar-refractivity contribution in [3.63, 3.8) is 0 Å². The van der Waals surface area contributed by atoms with Crippen molar-refractivity contribution in [3.05, 3.63) is 58.7 Å². The summed E-state index contributed by atoms with van der Waals surface area (Å²) in [5.74, 6) is 1.52. The molecule has 0 saturated heterocycles. The van der Waals surface area contributed by atoms with Gasteiger partial charge in [-0.3, -0.25) is 0 Å². The Morgan fingerprint density at radius 2 is 2.00 bits per heavy atom. The summed E-state index contributed by atoms with van der Waals surface area (Å²) in [6.07, 6.45) is 2.14. The molecule has 0 bridgehead atoms. The zero-order chi connectivity index (χ0) is 18.7. The van der Waals surface area contributed by atoms with E-state index in [1.807, 2.05) is 32.0 Å². The highest BCUT2D eigenvalue weighted by Gasteiger charge is 2.26. The van der Waals surface area contributed by atoms with Crippen LogP contribution in [0, 0.1) is 6.92 Å². The number of benzene rings is 2. The van der Waals surface area contributed by atoms with Gasteiger partial charge in [0.1, 0.15) is 6.10 Å². The van der Waals surface area contributed by atoms with Gasteiger partial charge in [-0.15, -0.1) is 0 Å². The van der Waals surface area contributed by atoms with Crippen molar-refractivity contribution in [1.29, 1.82) is 0 Å². The van der Waals surface area contributed by atoms with E-state index in [1.165, 1.54) is 16.7 Å². The molecule has 0 heterocycles. The number of fused-ring (bicyclic) bond motifs is 1. The molecule has 4 heteroatoms. The molecule has 1 atom stereocenters. The molecule has 0 aromatic heterocycles. The van der Waals surface area contributed by atoms with Gasteiger partial charge in [0, 0.05) is 12.1 Å². The quantitative estimate of drug-likeness (QED) is 0.790. The number of hydrogen-bond acceptors (Lipinski definition) is 4. The summed E-state index contributed by atoms with van der Waals surface area (Å²) >= 11 is 0. The number of aryl methyl sites for hydroxylation is 1. The molecule has 0 fully saturated rings. The number of hydrogen-bond donors (Lipinski definition) is 2. The molecule has 0 amide bonds. The fourth-order valence-electron chi connectivity index (χ4n) is 3.39. The van der Waals surface area contributed by atoms with E-state index in [0.29, 0.717) is 6.54 Å². The van der Waals surface area contributed by atoms with E-state index in [9.17, 15) is 5.11 Å². The normalized spacial score (nSPS) is 16.4. The third-order valence-corrected chi connectivity index (χ3v) is 5.11. The van der Waals surface area contributed by atoms with Crippen LogP contribution in [-0.2, 0) is 13.0 Å². The first-order valence-electron chi connectivity index (χ1n) is 9.21. The number of nitrogens with one attached hydrogen (secondary N) is 1. The number of methoxy groups -OCH3 is 1. The SMILES string of the molecule is COc1cc(CNC(C)(C)CO)ccc1OC1CCc2c(C)cccc21. The van der Waals surface area contributed by atoms with E-state index in [1.54, 1.807) is 7.11 Å². The van der Waals surface area contributed by atoms with Crippen molar-refractivity contribution in [3.8, 4) is 11.5 Å². The lowest BCUT2D eigenvalue weighted by molar-refractivity contribution is 0.187. The van der Waals surface area contributed by atoms with Gasteiger partial charge in [-0.2, -0.15) is 0 Å². The van der Waals surface area contributed by atoms with Crippen molar-refractivity contribution >= 4 is 0 Å². The summed E-state index contributed by atoms with van der Waals surface area (Å²) in [6, 6.07) is 12.5. The molecule has 2 aromatic rings. The van der Waals surface area contributed by atoms with Gasteiger partial charge >= 0.3 is 0 Å². The van der Waals surface area contributed by atoms with Gasteiger partial charge in [-0.1, -0.05) is 24.3 Å². The van der Waals surface area contributed by atoms with Crippen molar-refractivity contribution in [2.24, 2.45) is 0 Å². The van der Waals surface area contributed by atoms with E-state index in [4.69, 9.17) is 9.47 Å². The lowest BCUT2D eigenvalue weighted by Crippen LogP contribution is -2.42. The van der Waals surface area contributed by atoms with Crippen LogP contribution in [-0.4, -0.2) is 24.4 Å². The second-order valence-electron chi connectivity index (χ2n) is 7.67. The second-order valence-corrected chi connectivity index (χ2v) is 7.67. The summed E-state index contributed by atoms with van der Waals surface area (Å²) in [7, 11) is 1.67. The third kappa shape index (κ3) is 4.02. The smallest absolute Gasteiger partial charge is 0.162 e.